The van der Waals surface area contributed by atoms with Gasteiger partial charge in [0.2, 0.25) is 0 Å². The Bertz CT molecular complexity index is 1400. The summed E-state index contributed by atoms with van der Waals surface area (Å²) in [4.78, 5) is 30.0. The van der Waals surface area contributed by atoms with E-state index in [0.717, 1.165) is 28.3 Å². The third-order valence-corrected chi connectivity index (χ3v) is 8.11. The molecule has 0 radical (unpaired) electrons. The first-order chi connectivity index (χ1) is 18.4. The first-order valence-corrected chi connectivity index (χ1v) is 13.6. The van der Waals surface area contributed by atoms with Gasteiger partial charge >= 0.3 is 0 Å². The smallest absolute Gasteiger partial charge is 0.149 e. The molecule has 2 aromatic carbocycles. The first kappa shape index (κ1) is 27.0. The number of carbonyl (C=O) groups is 2. The number of para-hydroxylation sites is 1. The van der Waals surface area contributed by atoms with Gasteiger partial charge in [0.05, 0.1) is 25.6 Å². The molecular weight excluding hydrogens is 490 g/mol. The molecule has 1 fully saturated rings. The van der Waals surface area contributed by atoms with Crippen LogP contribution in [-0.2, 0) is 28.0 Å². The summed E-state index contributed by atoms with van der Waals surface area (Å²) < 4.78 is 13.1. The van der Waals surface area contributed by atoms with Crippen molar-refractivity contribution < 1.29 is 19.1 Å². The number of methoxy groups -OCH3 is 2. The lowest BCUT2D eigenvalue weighted by atomic mass is 9.60. The highest BCUT2D eigenvalue weighted by molar-refractivity contribution is 6.11. The first-order valence-electron chi connectivity index (χ1n) is 13.6. The average molecular weight is 530 g/mol. The van der Waals surface area contributed by atoms with Crippen molar-refractivity contribution in [3.8, 4) is 17.2 Å². The van der Waals surface area contributed by atoms with Gasteiger partial charge in [0, 0.05) is 48.5 Å². The fourth-order valence-electron chi connectivity index (χ4n) is 6.16. The lowest BCUT2D eigenvalue weighted by Gasteiger charge is -2.47. The van der Waals surface area contributed by atoms with Crippen LogP contribution in [0, 0.1) is 10.8 Å². The number of anilines is 1. The number of Topliss-reactive ketones (excluding diaryl/α,β-unsaturated/α-hetero) is 2. The van der Waals surface area contributed by atoms with Crippen LogP contribution in [0.1, 0.15) is 64.3 Å². The van der Waals surface area contributed by atoms with E-state index >= 15 is 0 Å². The molecule has 206 valence electrons. The van der Waals surface area contributed by atoms with E-state index in [-0.39, 0.29) is 22.4 Å². The summed E-state index contributed by atoms with van der Waals surface area (Å²) in [5, 5.41) is 5.15. The van der Waals surface area contributed by atoms with Crippen LogP contribution in [-0.4, -0.2) is 42.1 Å². The Hall–Kier alpha value is -3.61. The van der Waals surface area contributed by atoms with E-state index in [1.807, 2.05) is 67.1 Å². The number of hydrogen-bond donors (Lipinski definition) is 0. The molecule has 0 bridgehead atoms. The highest BCUT2D eigenvalue weighted by Gasteiger charge is 2.56. The number of ketones is 2. The zero-order chi connectivity index (χ0) is 28.2. The number of hydrogen-bond acceptors (Lipinski definition) is 6. The van der Waals surface area contributed by atoms with Crippen LogP contribution in [0.2, 0.25) is 0 Å². The number of nitrogens with zero attached hydrogens (tertiary/aromatic N) is 3. The summed E-state index contributed by atoms with van der Waals surface area (Å²) in [7, 11) is 3.27. The summed E-state index contributed by atoms with van der Waals surface area (Å²) in [6.45, 7) is 11.2. The van der Waals surface area contributed by atoms with E-state index in [9.17, 15) is 9.59 Å². The maximum Gasteiger partial charge on any atom is 0.149 e. The van der Waals surface area contributed by atoms with Crippen LogP contribution in [0.4, 0.5) is 5.82 Å². The van der Waals surface area contributed by atoms with E-state index in [1.165, 1.54) is 0 Å². The molecule has 1 aliphatic carbocycles. The summed E-state index contributed by atoms with van der Waals surface area (Å²) in [6.07, 6.45) is 1.17. The van der Waals surface area contributed by atoms with Crippen molar-refractivity contribution in [1.82, 2.24) is 9.78 Å². The number of benzene rings is 2. The van der Waals surface area contributed by atoms with Gasteiger partial charge in [-0.1, -0.05) is 52.8 Å². The van der Waals surface area contributed by atoms with E-state index < -0.39 is 5.41 Å². The van der Waals surface area contributed by atoms with Gasteiger partial charge in [0.1, 0.15) is 34.3 Å². The Balaban J connectivity index is 1.73. The van der Waals surface area contributed by atoms with Crippen molar-refractivity contribution >= 4 is 17.4 Å². The van der Waals surface area contributed by atoms with Crippen LogP contribution in [0.3, 0.4) is 0 Å². The molecule has 5 rings (SSSR count). The van der Waals surface area contributed by atoms with Crippen molar-refractivity contribution in [3.05, 3.63) is 65.4 Å². The van der Waals surface area contributed by atoms with Crippen molar-refractivity contribution in [2.24, 2.45) is 10.8 Å². The van der Waals surface area contributed by atoms with Crippen LogP contribution in [0.5, 0.6) is 11.5 Å². The number of carbonyl (C=O) groups excluding carboxylic acids is 2. The highest BCUT2D eigenvalue weighted by atomic mass is 16.5. The van der Waals surface area contributed by atoms with Crippen molar-refractivity contribution in [2.75, 3.05) is 25.7 Å². The van der Waals surface area contributed by atoms with E-state index in [1.54, 1.807) is 14.2 Å². The monoisotopic (exact) mass is 529 g/mol. The number of rotatable bonds is 5. The molecule has 2 aliphatic rings. The van der Waals surface area contributed by atoms with E-state index in [0.29, 0.717) is 43.9 Å². The minimum atomic E-state index is -1.09. The van der Waals surface area contributed by atoms with Crippen LogP contribution < -0.4 is 14.4 Å². The van der Waals surface area contributed by atoms with Gasteiger partial charge in [-0.25, -0.2) is 4.68 Å². The second kappa shape index (κ2) is 9.54. The molecular formula is C32H39N3O4. The average Bonchev–Trinajstić information content (AvgIpc) is 3.28. The van der Waals surface area contributed by atoms with Gasteiger partial charge in [-0.05, 0) is 36.1 Å². The molecule has 2 heterocycles. The molecule has 0 atom stereocenters. The minimum Gasteiger partial charge on any atom is -0.497 e. The van der Waals surface area contributed by atoms with E-state index in [2.05, 4.69) is 25.7 Å². The van der Waals surface area contributed by atoms with Gasteiger partial charge < -0.3 is 14.4 Å². The van der Waals surface area contributed by atoms with Crippen molar-refractivity contribution in [2.45, 2.75) is 65.8 Å². The number of ether oxygens (including phenoxy) is 2. The zero-order valence-corrected chi connectivity index (χ0v) is 24.1. The molecule has 3 aromatic rings. The SMILES string of the molecule is COc1ccc(CN2CC3(Cc4c(C(C)(C)C)nn(-c5ccccc5)c42)C(=O)CC(C)(C)CC3=O)c(OC)c1. The second-order valence-corrected chi connectivity index (χ2v) is 12.8. The standard InChI is InChI=1S/C32H39N3O4/c1-30(2,3)28-24-16-32(26(36)17-31(4,5)18-27(32)37)20-34(19-21-13-14-23(38-6)15-25(21)39-7)29(24)35(33-28)22-11-9-8-10-12-22/h8-15H,16-20H2,1-7H3. The molecule has 1 spiro atoms. The molecule has 0 unspecified atom stereocenters. The fraction of sp³-hybridized carbons (Fsp3) is 0.469. The van der Waals surface area contributed by atoms with Gasteiger partial charge in [-0.3, -0.25) is 9.59 Å². The Labute approximate surface area is 231 Å². The second-order valence-electron chi connectivity index (χ2n) is 12.8. The number of aromatic nitrogens is 2. The Morgan fingerprint density at radius 2 is 1.59 bits per heavy atom. The van der Waals surface area contributed by atoms with Gasteiger partial charge in [0.15, 0.2) is 0 Å². The van der Waals surface area contributed by atoms with Gasteiger partial charge in [0.25, 0.3) is 0 Å². The van der Waals surface area contributed by atoms with Gasteiger partial charge in [-0.15, -0.1) is 0 Å². The quantitative estimate of drug-likeness (QED) is 0.395. The molecule has 1 aliphatic heterocycles. The predicted molar refractivity (Wildman–Crippen MR) is 152 cm³/mol. The highest BCUT2D eigenvalue weighted by Crippen LogP contribution is 2.49. The topological polar surface area (TPSA) is 73.7 Å². The summed E-state index contributed by atoms with van der Waals surface area (Å²) in [6, 6.07) is 15.8. The summed E-state index contributed by atoms with van der Waals surface area (Å²) in [5.74, 6) is 2.40. The molecule has 7 heteroatoms. The molecule has 0 saturated heterocycles. The van der Waals surface area contributed by atoms with Crippen LogP contribution in [0.25, 0.3) is 5.69 Å². The lowest BCUT2D eigenvalue weighted by Crippen LogP contribution is -2.57. The molecule has 7 nitrogen and oxygen atoms in total. The Morgan fingerprint density at radius 1 is 0.923 bits per heavy atom. The molecule has 0 amide bonds. The summed E-state index contributed by atoms with van der Waals surface area (Å²) in [5.41, 5.74) is 2.07. The molecule has 0 N–H and O–H groups in total. The van der Waals surface area contributed by atoms with Crippen LogP contribution >= 0.6 is 0 Å². The maximum atomic E-state index is 13.9. The zero-order valence-electron chi connectivity index (χ0n) is 24.1. The van der Waals surface area contributed by atoms with Crippen molar-refractivity contribution in [3.63, 3.8) is 0 Å². The molecule has 1 aromatic heterocycles. The minimum absolute atomic E-state index is 0.0356. The number of fused-ring (bicyclic) bond motifs is 1. The Kier molecular flexibility index (Phi) is 6.60. The fourth-order valence-corrected chi connectivity index (χ4v) is 6.16. The van der Waals surface area contributed by atoms with Gasteiger partial charge in [-0.2, -0.15) is 5.10 Å². The lowest BCUT2D eigenvalue weighted by molar-refractivity contribution is -0.148. The molecule has 1 saturated carbocycles. The molecule has 39 heavy (non-hydrogen) atoms. The normalized spacial score (nSPS) is 18.3. The Morgan fingerprint density at radius 3 is 2.18 bits per heavy atom. The van der Waals surface area contributed by atoms with E-state index in [4.69, 9.17) is 14.6 Å². The van der Waals surface area contributed by atoms with Crippen molar-refractivity contribution in [1.29, 1.82) is 0 Å². The van der Waals surface area contributed by atoms with Crippen LogP contribution in [0.15, 0.2) is 48.5 Å². The summed E-state index contributed by atoms with van der Waals surface area (Å²) >= 11 is 0. The third kappa shape index (κ3) is 4.72. The maximum absolute atomic E-state index is 13.9. The predicted octanol–water partition coefficient (Wildman–Crippen LogP) is 5.69. The largest absolute Gasteiger partial charge is 0.497 e. The third-order valence-electron chi connectivity index (χ3n) is 8.11.